The number of alkyl carbamates (subject to hydrolysis) is 1. The number of ether oxygens (including phenoxy) is 1. The molecule has 1 heterocycles. The van der Waals surface area contributed by atoms with Gasteiger partial charge >= 0.3 is 17.1 Å². The molecule has 0 radical (unpaired) electrons. The summed E-state index contributed by atoms with van der Waals surface area (Å²) in [4.78, 5) is 12.3. The Balaban J connectivity index is 0.000000787. The fourth-order valence-corrected chi connectivity index (χ4v) is 6.62. The zero-order valence-corrected chi connectivity index (χ0v) is 32.5. The summed E-state index contributed by atoms with van der Waals surface area (Å²) in [7, 11) is -13.4. The Hall–Kier alpha value is -3.18. The van der Waals surface area contributed by atoms with Crippen LogP contribution in [0.15, 0.2) is 55.4 Å². The van der Waals surface area contributed by atoms with Crippen molar-refractivity contribution in [3.63, 3.8) is 0 Å². The lowest BCUT2D eigenvalue weighted by Crippen LogP contribution is -2.41. The van der Waals surface area contributed by atoms with E-state index in [-0.39, 0.29) is 6.09 Å². The fourth-order valence-electron chi connectivity index (χ4n) is 4.91. The second-order valence-electron chi connectivity index (χ2n) is 13.2. The van der Waals surface area contributed by atoms with E-state index in [0.717, 1.165) is 40.2 Å². The average molecular weight is 802 g/mol. The first-order valence-corrected chi connectivity index (χ1v) is 20.5. The van der Waals surface area contributed by atoms with Gasteiger partial charge < -0.3 is 14.2 Å². The Kier molecular flexibility index (Phi) is 20.1. The molecule has 17 heteroatoms. The number of carbonyl (C=O) groups excluding carboxylic acids is 1. The van der Waals surface area contributed by atoms with Crippen molar-refractivity contribution in [2.75, 3.05) is 6.61 Å². The van der Waals surface area contributed by atoms with E-state index in [1.807, 2.05) is 39.0 Å². The third-order valence-corrected chi connectivity index (χ3v) is 10.8. The Morgan fingerprint density at radius 1 is 0.792 bits per heavy atom. The molecule has 0 bridgehead atoms. The minimum Gasteiger partial charge on any atom is -0.450 e. The van der Waals surface area contributed by atoms with E-state index in [9.17, 15) is 48.0 Å². The first kappa shape index (κ1) is 47.8. The first-order valence-electron chi connectivity index (χ1n) is 17.6. The molecule has 1 aromatic carbocycles. The normalized spacial score (nSPS) is 12.5. The highest BCUT2D eigenvalue weighted by Gasteiger charge is 2.47. The van der Waals surface area contributed by atoms with E-state index in [4.69, 9.17) is 4.74 Å². The number of alkyl halides is 6. The van der Waals surface area contributed by atoms with Crippen molar-refractivity contribution in [2.45, 2.75) is 134 Å². The predicted octanol–water partition coefficient (Wildman–Crippen LogP) is 9.97. The van der Waals surface area contributed by atoms with Crippen molar-refractivity contribution in [3.05, 3.63) is 76.2 Å². The monoisotopic (exact) mass is 801 g/mol. The molecular weight excluding hydrogens is 749 g/mol. The van der Waals surface area contributed by atoms with Gasteiger partial charge in [0.1, 0.15) is 6.54 Å². The van der Waals surface area contributed by atoms with Crippen LogP contribution in [0.3, 0.4) is 0 Å². The van der Waals surface area contributed by atoms with Gasteiger partial charge in [-0.1, -0.05) is 88.6 Å². The lowest BCUT2D eigenvalue weighted by Gasteiger charge is -2.27. The van der Waals surface area contributed by atoms with Crippen LogP contribution in [0, 0.1) is 0 Å². The number of sulfonamides is 2. The standard InChI is InChI=1S/C34H52N2O2.C2F6NO4S2/c1-6-7-19-30-22-25-36(26-23-30)24-16-14-12-10-8-9-11-13-15-17-27-38-33(37)35-34(4,5)32-21-18-20-31(28-32)29(2)3;3-1(4,5)14(10,11)9-15(12,13)2(6,7)8/h18,20-23,25-26,28H,2,6-17,19,24,27H2,1,3-5H3;/q;-1/p+1. The van der Waals surface area contributed by atoms with E-state index in [1.165, 1.54) is 76.2 Å². The Morgan fingerprint density at radius 3 is 1.75 bits per heavy atom. The maximum absolute atomic E-state index is 12.3. The number of amides is 1. The van der Waals surface area contributed by atoms with E-state index >= 15 is 0 Å². The van der Waals surface area contributed by atoms with Crippen LogP contribution in [-0.4, -0.2) is 40.6 Å². The highest BCUT2D eigenvalue weighted by Crippen LogP contribution is 2.36. The number of aromatic nitrogens is 1. The topological polar surface area (TPSA) is 125 Å². The second kappa shape index (κ2) is 22.3. The number of pyridine rings is 1. The quantitative estimate of drug-likeness (QED) is 0.0762. The number of nitrogens with zero attached hydrogens (tertiary/aromatic N) is 2. The molecule has 2 rings (SSSR count). The van der Waals surface area contributed by atoms with Gasteiger partial charge in [-0.25, -0.2) is 26.2 Å². The Labute approximate surface area is 310 Å². The number of halogens is 6. The molecule has 0 aliphatic heterocycles. The number of aryl methyl sites for hydroxylation is 2. The Morgan fingerprint density at radius 2 is 1.28 bits per heavy atom. The van der Waals surface area contributed by atoms with Crippen molar-refractivity contribution in [1.82, 2.24) is 5.32 Å². The van der Waals surface area contributed by atoms with E-state index in [1.54, 1.807) is 0 Å². The van der Waals surface area contributed by atoms with Gasteiger partial charge in [0.2, 0.25) is 0 Å². The van der Waals surface area contributed by atoms with Crippen molar-refractivity contribution >= 4 is 31.7 Å². The number of carbonyl (C=O) groups is 1. The molecule has 0 atom stereocenters. The van der Waals surface area contributed by atoms with Crippen LogP contribution in [-0.2, 0) is 43.3 Å². The number of rotatable bonds is 21. The summed E-state index contributed by atoms with van der Waals surface area (Å²) in [5.41, 5.74) is -8.30. The highest BCUT2D eigenvalue weighted by atomic mass is 32.3. The lowest BCUT2D eigenvalue weighted by atomic mass is 9.92. The van der Waals surface area contributed by atoms with Gasteiger partial charge in [-0.15, -0.1) is 0 Å². The third kappa shape index (κ3) is 18.6. The van der Waals surface area contributed by atoms with E-state index in [0.29, 0.717) is 6.61 Å². The molecule has 1 amide bonds. The molecule has 0 saturated carbocycles. The average Bonchev–Trinajstić information content (AvgIpc) is 3.05. The summed E-state index contributed by atoms with van der Waals surface area (Å²) < 4.78 is 117. The zero-order chi connectivity index (χ0) is 40.3. The van der Waals surface area contributed by atoms with Crippen LogP contribution in [0.1, 0.15) is 121 Å². The minimum atomic E-state index is -6.72. The third-order valence-electron chi connectivity index (χ3n) is 8.10. The summed E-state index contributed by atoms with van der Waals surface area (Å²) in [5.74, 6) is 0. The number of benzene rings is 1. The van der Waals surface area contributed by atoms with Gasteiger partial charge in [0.05, 0.1) is 12.1 Å². The molecule has 0 spiro atoms. The Bertz CT molecular complexity index is 1590. The molecule has 0 aliphatic carbocycles. The number of nitrogens with one attached hydrogen (secondary N) is 1. The molecule has 0 fully saturated rings. The van der Waals surface area contributed by atoms with Crippen LogP contribution in [0.25, 0.3) is 9.70 Å². The van der Waals surface area contributed by atoms with Crippen LogP contribution >= 0.6 is 0 Å². The van der Waals surface area contributed by atoms with Crippen LogP contribution in [0.4, 0.5) is 31.1 Å². The molecule has 1 aromatic heterocycles. The minimum absolute atomic E-state index is 0.349. The maximum Gasteiger partial charge on any atom is 0.480 e. The molecule has 302 valence electrons. The summed E-state index contributed by atoms with van der Waals surface area (Å²) in [6.07, 6.45) is 20.3. The van der Waals surface area contributed by atoms with Crippen molar-refractivity contribution < 1.29 is 57.3 Å². The van der Waals surface area contributed by atoms with Crippen molar-refractivity contribution in [3.8, 4) is 0 Å². The lowest BCUT2D eigenvalue weighted by molar-refractivity contribution is -0.697. The number of unbranched alkanes of at least 4 members (excludes halogenated alkanes) is 10. The van der Waals surface area contributed by atoms with Crippen LogP contribution in [0.5, 0.6) is 0 Å². The fraction of sp³-hybridized carbons (Fsp3) is 0.611. The largest absolute Gasteiger partial charge is 0.480 e. The van der Waals surface area contributed by atoms with Gasteiger partial charge in [0, 0.05) is 18.6 Å². The van der Waals surface area contributed by atoms with Gasteiger partial charge in [0.15, 0.2) is 32.4 Å². The smallest absolute Gasteiger partial charge is 0.450 e. The highest BCUT2D eigenvalue weighted by molar-refractivity contribution is 8.13. The molecule has 0 saturated heterocycles. The van der Waals surface area contributed by atoms with Gasteiger partial charge in [0.25, 0.3) is 0 Å². The molecule has 2 aromatic rings. The van der Waals surface area contributed by atoms with Crippen LogP contribution < -0.4 is 9.88 Å². The maximum atomic E-state index is 12.3. The van der Waals surface area contributed by atoms with Crippen molar-refractivity contribution in [1.29, 1.82) is 0 Å². The summed E-state index contributed by atoms with van der Waals surface area (Å²) in [5, 5.41) is 3.00. The number of hydrogen-bond donors (Lipinski definition) is 1. The van der Waals surface area contributed by atoms with Gasteiger partial charge in [-0.2, -0.15) is 26.3 Å². The SMILES string of the molecule is C=C(C)c1cccc(C(C)(C)NC(=O)OCCCCCCCCCCCC[n+]2ccc(CCCC)cc2)c1.O=S(=O)([N-]S(=O)(=O)C(F)(F)F)C(F)(F)F. The zero-order valence-electron chi connectivity index (χ0n) is 30.9. The molecule has 9 nitrogen and oxygen atoms in total. The van der Waals surface area contributed by atoms with Crippen molar-refractivity contribution in [2.24, 2.45) is 0 Å². The first-order chi connectivity index (χ1) is 24.5. The van der Waals surface area contributed by atoms with Gasteiger partial charge in [-0.3, -0.25) is 0 Å². The molecule has 0 unspecified atom stereocenters. The van der Waals surface area contributed by atoms with E-state index in [2.05, 4.69) is 54.0 Å². The molecule has 53 heavy (non-hydrogen) atoms. The molecular formula is C36H53F6N3O6S2. The summed E-state index contributed by atoms with van der Waals surface area (Å²) in [6.45, 7) is 13.9. The number of allylic oxidation sites excluding steroid dienone is 1. The number of hydrogen-bond acceptors (Lipinski definition) is 6. The summed E-state index contributed by atoms with van der Waals surface area (Å²) >= 11 is 0. The molecule has 0 aliphatic rings. The summed E-state index contributed by atoms with van der Waals surface area (Å²) in [6, 6.07) is 12.7. The van der Waals surface area contributed by atoms with Gasteiger partial charge in [-0.05, 0) is 69.2 Å². The van der Waals surface area contributed by atoms with Crippen LogP contribution in [0.2, 0.25) is 0 Å². The molecule has 1 N–H and O–H groups in total. The van der Waals surface area contributed by atoms with E-state index < -0.39 is 36.6 Å². The second-order valence-corrected chi connectivity index (χ2v) is 16.7. The predicted molar refractivity (Wildman–Crippen MR) is 193 cm³/mol.